The average molecular weight is 559 g/mol. The molecule has 1 aromatic heterocycles. The first-order chi connectivity index (χ1) is 18.2. The van der Waals surface area contributed by atoms with Crippen LogP contribution in [0.25, 0.3) is 10.8 Å². The van der Waals surface area contributed by atoms with Crippen LogP contribution in [0.4, 0.5) is 5.69 Å². The lowest BCUT2D eigenvalue weighted by atomic mass is 9.85. The van der Waals surface area contributed by atoms with E-state index in [0.717, 1.165) is 17.0 Å². The van der Waals surface area contributed by atoms with Gasteiger partial charge < -0.3 is 20.9 Å². The number of carbonyl (C=O) groups is 3. The molecule has 11 nitrogen and oxygen atoms in total. The molecule has 3 amide bonds. The Labute approximate surface area is 229 Å². The number of nitrogens with zero attached hydrogens (tertiary/aromatic N) is 3. The van der Waals surface area contributed by atoms with Crippen LogP contribution in [0.3, 0.4) is 0 Å². The Morgan fingerprint density at radius 3 is 2.51 bits per heavy atom. The van der Waals surface area contributed by atoms with E-state index >= 15 is 0 Å². The lowest BCUT2D eigenvalue weighted by Crippen LogP contribution is -2.59. The van der Waals surface area contributed by atoms with Gasteiger partial charge in [0.2, 0.25) is 27.7 Å². The van der Waals surface area contributed by atoms with Crippen molar-refractivity contribution in [3.8, 4) is 0 Å². The number of rotatable bonds is 7. The molecule has 1 aromatic carbocycles. The second-order valence-electron chi connectivity index (χ2n) is 11.5. The minimum absolute atomic E-state index is 0.0283. The van der Waals surface area contributed by atoms with Gasteiger partial charge >= 0.3 is 0 Å². The number of anilines is 1. The number of aromatic nitrogens is 1. The van der Waals surface area contributed by atoms with E-state index in [1.165, 1.54) is 4.31 Å². The number of benzene rings is 1. The molecule has 5 atom stereocenters. The van der Waals surface area contributed by atoms with Crippen molar-refractivity contribution in [1.29, 1.82) is 0 Å². The fourth-order valence-electron chi connectivity index (χ4n) is 5.58. The maximum absolute atomic E-state index is 14.0. The number of hydrogen-bond acceptors (Lipinski definition) is 7. The summed E-state index contributed by atoms with van der Waals surface area (Å²) in [5, 5.41) is 10.4. The first kappa shape index (κ1) is 28.9. The quantitative estimate of drug-likeness (QED) is 0.463. The van der Waals surface area contributed by atoms with Gasteiger partial charge in [0.05, 0.1) is 24.3 Å². The van der Waals surface area contributed by atoms with Crippen LogP contribution in [0.1, 0.15) is 34.1 Å². The van der Waals surface area contributed by atoms with Gasteiger partial charge in [0.1, 0.15) is 6.04 Å². The summed E-state index contributed by atoms with van der Waals surface area (Å²) in [6.07, 6.45) is 4.88. The van der Waals surface area contributed by atoms with Crippen LogP contribution >= 0.6 is 0 Å². The number of nitrogens with one attached hydrogen (secondary N) is 3. The molecular formula is C27H38N6O5S. The number of likely N-dealkylation sites (N-methyl/N-ethyl adjacent to an activating group) is 1. The van der Waals surface area contributed by atoms with E-state index in [4.69, 9.17) is 0 Å². The van der Waals surface area contributed by atoms with Gasteiger partial charge in [0, 0.05) is 48.0 Å². The third-order valence-corrected chi connectivity index (χ3v) is 9.06. The molecule has 0 aliphatic carbocycles. The first-order valence-electron chi connectivity index (χ1n) is 13.1. The van der Waals surface area contributed by atoms with Gasteiger partial charge in [-0.15, -0.1) is 0 Å². The second kappa shape index (κ2) is 10.8. The summed E-state index contributed by atoms with van der Waals surface area (Å²) < 4.78 is 26.8. The highest BCUT2D eigenvalue weighted by molar-refractivity contribution is 7.88. The van der Waals surface area contributed by atoms with Crippen molar-refractivity contribution in [3.63, 3.8) is 0 Å². The fraction of sp³-hybridized carbons (Fsp3) is 0.556. The van der Waals surface area contributed by atoms with Gasteiger partial charge in [0.25, 0.3) is 0 Å². The third kappa shape index (κ3) is 5.78. The predicted octanol–water partition coefficient (Wildman–Crippen LogP) is 1.17. The Morgan fingerprint density at radius 2 is 1.87 bits per heavy atom. The molecule has 2 aromatic rings. The second-order valence-corrected chi connectivity index (χ2v) is 13.5. The Kier molecular flexibility index (Phi) is 8.02. The number of fused-ring (bicyclic) bond motifs is 2. The van der Waals surface area contributed by atoms with Crippen LogP contribution in [0.5, 0.6) is 0 Å². The number of hydrogen-bond donors (Lipinski definition) is 3. The molecule has 212 valence electrons. The Bertz CT molecular complexity index is 1370. The summed E-state index contributed by atoms with van der Waals surface area (Å²) in [5.41, 5.74) is -0.0340. The molecule has 3 N–H and O–H groups in total. The van der Waals surface area contributed by atoms with Crippen LogP contribution in [-0.4, -0.2) is 90.9 Å². The van der Waals surface area contributed by atoms with Gasteiger partial charge in [0.15, 0.2) is 0 Å². The molecule has 5 unspecified atom stereocenters. The lowest BCUT2D eigenvalue weighted by molar-refractivity contribution is -0.141. The summed E-state index contributed by atoms with van der Waals surface area (Å²) >= 11 is 0. The highest BCUT2D eigenvalue weighted by atomic mass is 32.2. The highest BCUT2D eigenvalue weighted by Gasteiger charge is 2.56. The maximum Gasteiger partial charge on any atom is 0.246 e. The number of sulfonamides is 1. The first-order valence-corrected chi connectivity index (χ1v) is 15.0. The molecule has 2 saturated heterocycles. The van der Waals surface area contributed by atoms with Crippen molar-refractivity contribution in [2.24, 2.45) is 11.3 Å². The summed E-state index contributed by atoms with van der Waals surface area (Å²) in [6, 6.07) is 4.75. The van der Waals surface area contributed by atoms with E-state index in [1.54, 1.807) is 43.4 Å². The van der Waals surface area contributed by atoms with Crippen molar-refractivity contribution in [3.05, 3.63) is 36.7 Å². The van der Waals surface area contributed by atoms with Gasteiger partial charge in [-0.3, -0.25) is 19.4 Å². The molecule has 3 heterocycles. The van der Waals surface area contributed by atoms with E-state index in [-0.39, 0.29) is 30.8 Å². The molecule has 0 radical (unpaired) electrons. The van der Waals surface area contributed by atoms with Crippen LogP contribution < -0.4 is 16.0 Å². The zero-order valence-electron chi connectivity index (χ0n) is 23.3. The Morgan fingerprint density at radius 1 is 1.15 bits per heavy atom. The van der Waals surface area contributed by atoms with Crippen molar-refractivity contribution in [2.75, 3.05) is 31.7 Å². The Hall–Kier alpha value is -3.09. The SMILES string of the molecule is CNC(C)C(=O)NC(C(=O)N1CCC2C1C(C(=O)Nc1cccc3cnccc13)CN2S(C)(=O)=O)C(C)(C)C. The lowest BCUT2D eigenvalue weighted by Gasteiger charge is -2.37. The van der Waals surface area contributed by atoms with Crippen LogP contribution in [-0.2, 0) is 24.4 Å². The van der Waals surface area contributed by atoms with E-state index in [1.807, 2.05) is 32.9 Å². The molecule has 0 saturated carbocycles. The summed E-state index contributed by atoms with van der Waals surface area (Å²) in [6.45, 7) is 7.56. The Balaban J connectivity index is 1.66. The van der Waals surface area contributed by atoms with Crippen molar-refractivity contribution in [2.45, 2.75) is 58.3 Å². The molecule has 12 heteroatoms. The maximum atomic E-state index is 14.0. The molecule has 2 fully saturated rings. The molecular weight excluding hydrogens is 520 g/mol. The molecule has 39 heavy (non-hydrogen) atoms. The van der Waals surface area contributed by atoms with E-state index in [2.05, 4.69) is 20.9 Å². The van der Waals surface area contributed by atoms with Crippen LogP contribution in [0.15, 0.2) is 36.7 Å². The van der Waals surface area contributed by atoms with Gasteiger partial charge in [-0.1, -0.05) is 32.9 Å². The van der Waals surface area contributed by atoms with Crippen LogP contribution in [0, 0.1) is 11.3 Å². The number of carbonyl (C=O) groups excluding carboxylic acids is 3. The van der Waals surface area contributed by atoms with Crippen molar-refractivity contribution < 1.29 is 22.8 Å². The molecule has 0 bridgehead atoms. The monoisotopic (exact) mass is 558 g/mol. The fourth-order valence-corrected chi connectivity index (χ4v) is 6.74. The molecule has 2 aliphatic rings. The number of likely N-dealkylation sites (tertiary alicyclic amines) is 1. The van der Waals surface area contributed by atoms with Gasteiger partial charge in [-0.2, -0.15) is 4.31 Å². The van der Waals surface area contributed by atoms with Gasteiger partial charge in [-0.25, -0.2) is 8.42 Å². The standard InChI is InChI=1S/C27H38N6O5S/c1-16(28-5)24(34)31-23(27(2,3)4)26(36)32-13-11-21-22(32)19(15-33(21)39(6,37)38)25(35)30-20-9-7-8-17-14-29-12-10-18(17)20/h7-10,12,14,16,19,21-23,28H,11,13,15H2,1-6H3,(H,30,35)(H,31,34). The van der Waals surface area contributed by atoms with Gasteiger partial charge in [-0.05, 0) is 37.9 Å². The van der Waals surface area contributed by atoms with E-state index in [0.29, 0.717) is 12.1 Å². The predicted molar refractivity (Wildman–Crippen MR) is 149 cm³/mol. The molecule has 4 rings (SSSR count). The van der Waals surface area contributed by atoms with Crippen molar-refractivity contribution in [1.82, 2.24) is 24.8 Å². The highest BCUT2D eigenvalue weighted by Crippen LogP contribution is 2.39. The van der Waals surface area contributed by atoms with Crippen LogP contribution in [0.2, 0.25) is 0 Å². The molecule has 0 spiro atoms. The zero-order chi connectivity index (χ0) is 28.7. The smallest absolute Gasteiger partial charge is 0.246 e. The number of pyridine rings is 1. The molecule has 2 aliphatic heterocycles. The topological polar surface area (TPSA) is 141 Å². The normalized spacial score (nSPS) is 23.3. The average Bonchev–Trinajstić information content (AvgIpc) is 3.46. The zero-order valence-corrected chi connectivity index (χ0v) is 24.1. The minimum Gasteiger partial charge on any atom is -0.342 e. The van der Waals surface area contributed by atoms with E-state index in [9.17, 15) is 22.8 Å². The largest absolute Gasteiger partial charge is 0.342 e. The minimum atomic E-state index is -3.63. The summed E-state index contributed by atoms with van der Waals surface area (Å²) in [7, 11) is -1.97. The third-order valence-electron chi connectivity index (χ3n) is 7.79. The van der Waals surface area contributed by atoms with E-state index < -0.39 is 45.5 Å². The number of amides is 3. The summed E-state index contributed by atoms with van der Waals surface area (Å²) in [5.74, 6) is -1.79. The summed E-state index contributed by atoms with van der Waals surface area (Å²) in [4.78, 5) is 46.3. The van der Waals surface area contributed by atoms with Crippen molar-refractivity contribution >= 4 is 44.2 Å².